The largest absolute Gasteiger partial charge is 1.00 e. The SMILES string of the molecule is CC1=[C]2[Hf+2][C]3=C(C)C(=C(C)C3C)[Si](c3ccccc3)(c3ccccc3)C1=C(C)C2C.[Cl-].[Cl-]. The maximum Gasteiger partial charge on any atom is -1.00 e. The van der Waals surface area contributed by atoms with Gasteiger partial charge in [0.1, 0.15) is 0 Å². The summed E-state index contributed by atoms with van der Waals surface area (Å²) < 4.78 is 3.72. The van der Waals surface area contributed by atoms with Crippen molar-refractivity contribution >= 4 is 18.4 Å². The van der Waals surface area contributed by atoms with Crippen LogP contribution < -0.4 is 35.2 Å². The van der Waals surface area contributed by atoms with Gasteiger partial charge in [0.2, 0.25) is 0 Å². The van der Waals surface area contributed by atoms with Gasteiger partial charge in [-0.2, -0.15) is 0 Å². The summed E-state index contributed by atoms with van der Waals surface area (Å²) in [6, 6.07) is 23.1. The van der Waals surface area contributed by atoms with Crippen molar-refractivity contribution in [2.24, 2.45) is 11.8 Å². The molecule has 4 bridgehead atoms. The predicted octanol–water partition coefficient (Wildman–Crippen LogP) is -0.0875. The summed E-state index contributed by atoms with van der Waals surface area (Å²) >= 11 is -1.02. The molecule has 4 heteroatoms. The first kappa shape index (κ1) is 25.7. The van der Waals surface area contributed by atoms with E-state index in [9.17, 15) is 0 Å². The van der Waals surface area contributed by atoms with Gasteiger partial charge in [0.25, 0.3) is 0 Å². The maximum absolute atomic E-state index is 2.49. The molecule has 0 saturated heterocycles. The molecule has 0 radical (unpaired) electrons. The fourth-order valence-corrected chi connectivity index (χ4v) is 19.8. The van der Waals surface area contributed by atoms with Crippen LogP contribution in [0, 0.1) is 11.8 Å². The van der Waals surface area contributed by atoms with Crippen LogP contribution in [0.5, 0.6) is 0 Å². The van der Waals surface area contributed by atoms with Crippen LogP contribution in [0.25, 0.3) is 0 Å². The smallest absolute Gasteiger partial charge is 1.00 e. The summed E-state index contributed by atoms with van der Waals surface area (Å²) in [5.41, 5.74) is 6.66. The van der Waals surface area contributed by atoms with Crippen molar-refractivity contribution < 1.29 is 47.7 Å². The van der Waals surface area contributed by atoms with Crippen LogP contribution >= 0.6 is 0 Å². The Morgan fingerprint density at radius 3 is 1.28 bits per heavy atom. The molecule has 32 heavy (non-hydrogen) atoms. The minimum absolute atomic E-state index is 0. The van der Waals surface area contributed by atoms with E-state index in [1.807, 2.05) is 6.66 Å². The molecule has 0 fully saturated rings. The van der Waals surface area contributed by atoms with E-state index in [0.29, 0.717) is 11.8 Å². The van der Waals surface area contributed by atoms with Gasteiger partial charge in [0.05, 0.1) is 0 Å². The van der Waals surface area contributed by atoms with Crippen LogP contribution in [0.2, 0.25) is 0 Å². The molecule has 0 saturated carbocycles. The van der Waals surface area contributed by atoms with Gasteiger partial charge < -0.3 is 24.8 Å². The number of hydrogen-bond acceptors (Lipinski definition) is 0. The average molecular weight is 644 g/mol. The van der Waals surface area contributed by atoms with Crippen molar-refractivity contribution in [1.82, 2.24) is 0 Å². The summed E-state index contributed by atoms with van der Waals surface area (Å²) in [5, 5.41) is 6.57. The molecular formula is C28H30Cl2HfSi. The monoisotopic (exact) mass is 644 g/mol. The third-order valence-electron chi connectivity index (χ3n) is 7.94. The van der Waals surface area contributed by atoms with Gasteiger partial charge in [0, 0.05) is 0 Å². The summed E-state index contributed by atoms with van der Waals surface area (Å²) in [6.45, 7) is 14.8. The van der Waals surface area contributed by atoms with Gasteiger partial charge in [-0.3, -0.25) is 0 Å². The van der Waals surface area contributed by atoms with E-state index < -0.39 is 31.0 Å². The molecule has 164 valence electrons. The Hall–Kier alpha value is -0.933. The number of rotatable bonds is 2. The van der Waals surface area contributed by atoms with Crippen molar-refractivity contribution in [1.29, 1.82) is 0 Å². The topological polar surface area (TPSA) is 0 Å². The van der Waals surface area contributed by atoms with Gasteiger partial charge in [-0.25, -0.2) is 0 Å². The first-order valence-electron chi connectivity index (χ1n) is 11.1. The average Bonchev–Trinajstić information content (AvgIpc) is 3.12. The minimum atomic E-state index is -2.35. The molecule has 0 N–H and O–H groups in total. The molecule has 2 aliphatic carbocycles. The fraction of sp³-hybridized carbons (Fsp3) is 0.286. The van der Waals surface area contributed by atoms with Crippen LogP contribution in [-0.4, -0.2) is 8.07 Å². The third kappa shape index (κ3) is 3.32. The zero-order valence-corrected chi connectivity index (χ0v) is 25.8. The molecule has 0 spiro atoms. The number of benzene rings is 2. The van der Waals surface area contributed by atoms with Crippen LogP contribution in [0.1, 0.15) is 41.5 Å². The van der Waals surface area contributed by atoms with E-state index in [4.69, 9.17) is 0 Å². The number of allylic oxidation sites excluding steroid dienone is 8. The molecule has 2 atom stereocenters. The third-order valence-corrected chi connectivity index (χ3v) is 21.1. The molecule has 2 aromatic rings. The molecule has 0 nitrogen and oxygen atoms in total. The second kappa shape index (κ2) is 9.37. The first-order valence-corrected chi connectivity index (χ1v) is 16.7. The summed E-state index contributed by atoms with van der Waals surface area (Å²) in [7, 11) is -2.35. The maximum atomic E-state index is 2.49. The van der Waals surface area contributed by atoms with Gasteiger partial charge in [0.15, 0.2) is 0 Å². The van der Waals surface area contributed by atoms with Crippen LogP contribution in [-0.2, 0) is 22.9 Å². The minimum Gasteiger partial charge on any atom is -1.00 e. The van der Waals surface area contributed by atoms with Crippen molar-refractivity contribution in [3.8, 4) is 0 Å². The number of fused-ring (bicyclic) bond motifs is 2. The number of halogens is 2. The van der Waals surface area contributed by atoms with E-state index >= 15 is 0 Å². The second-order valence-corrected chi connectivity index (χ2v) is 17.7. The predicted molar refractivity (Wildman–Crippen MR) is 127 cm³/mol. The molecule has 5 rings (SSSR count). The molecule has 1 heterocycles. The van der Waals surface area contributed by atoms with Crippen LogP contribution in [0.15, 0.2) is 100 Å². The Morgan fingerprint density at radius 1 is 0.594 bits per heavy atom. The molecule has 2 aromatic carbocycles. The van der Waals surface area contributed by atoms with E-state index in [0.717, 1.165) is 0 Å². The van der Waals surface area contributed by atoms with Crippen molar-refractivity contribution in [3.05, 3.63) is 100 Å². The fourth-order valence-electron chi connectivity index (χ4n) is 6.32. The summed E-state index contributed by atoms with van der Waals surface area (Å²) in [6.07, 6.45) is 0. The normalized spacial score (nSPS) is 23.2. The van der Waals surface area contributed by atoms with Gasteiger partial charge in [-0.05, 0) is 0 Å². The van der Waals surface area contributed by atoms with E-state index in [1.54, 1.807) is 43.1 Å². The van der Waals surface area contributed by atoms with Crippen LogP contribution in [0.3, 0.4) is 0 Å². The Labute approximate surface area is 218 Å². The second-order valence-electron chi connectivity index (χ2n) is 9.24. The van der Waals surface area contributed by atoms with E-state index in [2.05, 4.69) is 102 Å². The first-order chi connectivity index (χ1) is 14.4. The molecule has 0 aromatic heterocycles. The van der Waals surface area contributed by atoms with Gasteiger partial charge in [-0.1, -0.05) is 0 Å². The molecule has 0 amide bonds. The summed E-state index contributed by atoms with van der Waals surface area (Å²) in [5.74, 6) is 1.27. The van der Waals surface area contributed by atoms with Crippen LogP contribution in [0.4, 0.5) is 0 Å². The van der Waals surface area contributed by atoms with Crippen molar-refractivity contribution in [2.45, 2.75) is 41.5 Å². The summed E-state index contributed by atoms with van der Waals surface area (Å²) in [4.78, 5) is 0. The Balaban J connectivity index is 0.00000144. The van der Waals surface area contributed by atoms with E-state index in [1.165, 1.54) is 0 Å². The van der Waals surface area contributed by atoms with Crippen molar-refractivity contribution in [2.75, 3.05) is 0 Å². The Morgan fingerprint density at radius 2 is 0.938 bits per heavy atom. The molecule has 3 aliphatic rings. The molecule has 1 aliphatic heterocycles. The Kier molecular flexibility index (Phi) is 7.52. The van der Waals surface area contributed by atoms with E-state index in [-0.39, 0.29) is 24.8 Å². The quantitative estimate of drug-likeness (QED) is 0.402. The molecule has 2 unspecified atom stereocenters. The Bertz CT molecular complexity index is 1080. The zero-order chi connectivity index (χ0) is 21.2. The van der Waals surface area contributed by atoms with Gasteiger partial charge in [-0.15, -0.1) is 0 Å². The standard InChI is InChI=1S/C28H30Si.2ClH.Hf/c1-19-17-21(3)27(23(19)5)29(25-13-9-7-10-14-25,26-15-11-8-12-16-26)28-22(4)18-20(2)24(28)6;;;/h7-16,19-20H,1-6H3;2*1H;/q;;;+2/p-2. The zero-order valence-electron chi connectivity index (χ0n) is 19.7. The molecular weight excluding hydrogens is 614 g/mol. The van der Waals surface area contributed by atoms with Crippen molar-refractivity contribution in [3.63, 3.8) is 0 Å². The van der Waals surface area contributed by atoms with Gasteiger partial charge >= 0.3 is 195 Å². The number of hydrogen-bond donors (Lipinski definition) is 0.